The fraction of sp³-hybridized carbons (Fsp3) is 0.500. The van der Waals surface area contributed by atoms with Crippen molar-refractivity contribution in [3.05, 3.63) is 28.7 Å². The minimum absolute atomic E-state index is 0.0463. The Bertz CT molecular complexity index is 733. The third-order valence-electron chi connectivity index (χ3n) is 3.43. The zero-order valence-electron chi connectivity index (χ0n) is 16.5. The van der Waals surface area contributed by atoms with E-state index in [2.05, 4.69) is 27.2 Å². The number of carbonyl (C=O) groups excluding carboxylic acids is 3. The Balaban J connectivity index is 0.00000190. The summed E-state index contributed by atoms with van der Waals surface area (Å²) in [6, 6.07) is -0.682. The fourth-order valence-corrected chi connectivity index (χ4v) is 3.44. The van der Waals surface area contributed by atoms with E-state index in [1.54, 1.807) is 6.92 Å². The van der Waals surface area contributed by atoms with E-state index in [1.165, 1.54) is 29.2 Å². The van der Waals surface area contributed by atoms with Crippen molar-refractivity contribution in [3.63, 3.8) is 0 Å². The number of thioether (sulfide) groups is 1. The van der Waals surface area contributed by atoms with E-state index in [1.807, 2.05) is 25.5 Å². The molecular formula is C18H26N4O4S2. The summed E-state index contributed by atoms with van der Waals surface area (Å²) in [5.41, 5.74) is 0.655. The Morgan fingerprint density at radius 3 is 2.64 bits per heavy atom. The zero-order chi connectivity index (χ0) is 21.1. The van der Waals surface area contributed by atoms with Crippen molar-refractivity contribution < 1.29 is 19.1 Å². The molecule has 0 radical (unpaired) electrons. The molecule has 2 heterocycles. The van der Waals surface area contributed by atoms with Crippen molar-refractivity contribution in [2.45, 2.75) is 45.9 Å². The smallest absolute Gasteiger partial charge is 0.326 e. The van der Waals surface area contributed by atoms with Gasteiger partial charge in [-0.1, -0.05) is 26.5 Å². The van der Waals surface area contributed by atoms with E-state index in [-0.39, 0.29) is 25.4 Å². The van der Waals surface area contributed by atoms with Crippen LogP contribution >= 0.6 is 23.1 Å². The molecule has 28 heavy (non-hydrogen) atoms. The van der Waals surface area contributed by atoms with Crippen molar-refractivity contribution in [1.82, 2.24) is 15.6 Å². The minimum atomic E-state index is -0.766. The van der Waals surface area contributed by atoms with E-state index in [0.717, 1.165) is 0 Å². The molecule has 1 aromatic rings. The molecule has 10 heteroatoms. The third kappa shape index (κ3) is 7.43. The summed E-state index contributed by atoms with van der Waals surface area (Å²) in [6.45, 7) is 9.16. The Morgan fingerprint density at radius 2 is 2.00 bits per heavy atom. The lowest BCUT2D eigenvalue weighted by Gasteiger charge is -2.15. The maximum Gasteiger partial charge on any atom is 0.326 e. The van der Waals surface area contributed by atoms with Gasteiger partial charge in [-0.2, -0.15) is 0 Å². The Morgan fingerprint density at radius 1 is 1.29 bits per heavy atom. The van der Waals surface area contributed by atoms with Crippen LogP contribution in [0.5, 0.6) is 0 Å². The number of carbonyl (C=O) groups is 3. The van der Waals surface area contributed by atoms with Crippen molar-refractivity contribution in [2.75, 3.05) is 12.8 Å². The second-order valence-electron chi connectivity index (χ2n) is 5.40. The molecule has 1 aromatic heterocycles. The first-order chi connectivity index (χ1) is 13.4. The molecule has 2 N–H and O–H groups in total. The van der Waals surface area contributed by atoms with Crippen LogP contribution in [0.2, 0.25) is 0 Å². The molecule has 0 fully saturated rings. The van der Waals surface area contributed by atoms with Gasteiger partial charge in [0, 0.05) is 5.38 Å². The van der Waals surface area contributed by atoms with Crippen LogP contribution in [0.1, 0.15) is 37.9 Å². The summed E-state index contributed by atoms with van der Waals surface area (Å²) in [7, 11) is 0. The summed E-state index contributed by atoms with van der Waals surface area (Å²) < 4.78 is 5.14. The van der Waals surface area contributed by atoms with Crippen LogP contribution < -0.4 is 10.6 Å². The maximum absolute atomic E-state index is 12.1. The second kappa shape index (κ2) is 12.3. The molecule has 0 aliphatic carbocycles. The molecule has 0 saturated heterocycles. The molecule has 154 valence electrons. The number of hydrogen-bond donors (Lipinski definition) is 2. The summed E-state index contributed by atoms with van der Waals surface area (Å²) in [5, 5.41) is 8.38. The number of ether oxygens (including phenoxy) is 1. The SMILES string of the molecule is C=C[C@@H]1CC(=O)NCc2nc(cs2)C(SC)=N[C@H](C)C(=O)NCC(=O)O1.CC. The number of fused-ring (bicyclic) bond motifs is 2. The average molecular weight is 427 g/mol. The first kappa shape index (κ1) is 23.8. The van der Waals surface area contributed by atoms with Crippen LogP contribution in [0.15, 0.2) is 23.0 Å². The summed E-state index contributed by atoms with van der Waals surface area (Å²) in [5.74, 6) is -1.33. The Labute approximate surface area is 173 Å². The van der Waals surface area contributed by atoms with Crippen LogP contribution in [0.4, 0.5) is 0 Å². The quantitative estimate of drug-likeness (QED) is 0.524. The van der Waals surface area contributed by atoms with Crippen molar-refractivity contribution in [2.24, 2.45) is 4.99 Å². The number of cyclic esters (lactones) is 1. The number of aromatic nitrogens is 1. The van der Waals surface area contributed by atoms with E-state index < -0.39 is 24.0 Å². The summed E-state index contributed by atoms with van der Waals surface area (Å²) in [6.07, 6.45) is 2.41. The van der Waals surface area contributed by atoms with Gasteiger partial charge in [-0.25, -0.2) is 4.98 Å². The van der Waals surface area contributed by atoms with Gasteiger partial charge in [-0.3, -0.25) is 19.4 Å². The number of nitrogens with zero attached hydrogens (tertiary/aromatic N) is 2. The Hall–Kier alpha value is -2.20. The van der Waals surface area contributed by atoms with Crippen molar-refractivity contribution >= 4 is 45.9 Å². The minimum Gasteiger partial charge on any atom is -0.456 e. The molecule has 8 nitrogen and oxygen atoms in total. The molecular weight excluding hydrogens is 400 g/mol. The van der Waals surface area contributed by atoms with Gasteiger partial charge in [0.25, 0.3) is 0 Å². The number of esters is 1. The lowest BCUT2D eigenvalue weighted by molar-refractivity contribution is -0.148. The molecule has 1 aliphatic rings. The fourth-order valence-electron chi connectivity index (χ4n) is 2.07. The van der Waals surface area contributed by atoms with Crippen molar-refractivity contribution in [3.8, 4) is 0 Å². The highest BCUT2D eigenvalue weighted by atomic mass is 32.2. The number of hydrogen-bond acceptors (Lipinski definition) is 8. The molecule has 0 aromatic carbocycles. The van der Waals surface area contributed by atoms with E-state index in [0.29, 0.717) is 15.7 Å². The highest BCUT2D eigenvalue weighted by Gasteiger charge is 2.20. The normalized spacial score (nSPS) is 21.3. The van der Waals surface area contributed by atoms with Gasteiger partial charge in [0.15, 0.2) is 0 Å². The van der Waals surface area contributed by atoms with Gasteiger partial charge in [0.1, 0.15) is 34.4 Å². The van der Waals surface area contributed by atoms with Crippen LogP contribution in [0.25, 0.3) is 0 Å². The summed E-state index contributed by atoms with van der Waals surface area (Å²) in [4.78, 5) is 44.8. The zero-order valence-corrected chi connectivity index (χ0v) is 18.1. The molecule has 0 unspecified atom stereocenters. The molecule has 2 rings (SSSR count). The maximum atomic E-state index is 12.1. The predicted molar refractivity (Wildman–Crippen MR) is 113 cm³/mol. The number of amides is 2. The largest absolute Gasteiger partial charge is 0.456 e. The first-order valence-electron chi connectivity index (χ1n) is 8.86. The molecule has 2 bridgehead atoms. The number of rotatable bonds is 1. The van der Waals surface area contributed by atoms with Gasteiger partial charge in [0.2, 0.25) is 11.8 Å². The molecule has 1 aliphatic heterocycles. The molecule has 2 amide bonds. The van der Waals surface area contributed by atoms with E-state index in [4.69, 9.17) is 4.74 Å². The first-order valence-corrected chi connectivity index (χ1v) is 11.0. The highest BCUT2D eigenvalue weighted by molar-refractivity contribution is 8.13. The van der Waals surface area contributed by atoms with Gasteiger partial charge >= 0.3 is 5.97 Å². The Kier molecular flexibility index (Phi) is 10.5. The second-order valence-corrected chi connectivity index (χ2v) is 7.14. The van der Waals surface area contributed by atoms with Crippen LogP contribution in [0, 0.1) is 0 Å². The van der Waals surface area contributed by atoms with E-state index in [9.17, 15) is 14.4 Å². The molecule has 0 spiro atoms. The van der Waals surface area contributed by atoms with Crippen LogP contribution in [-0.4, -0.2) is 52.8 Å². The van der Waals surface area contributed by atoms with Gasteiger partial charge < -0.3 is 15.4 Å². The number of nitrogens with one attached hydrogen (secondary N) is 2. The topological polar surface area (TPSA) is 110 Å². The monoisotopic (exact) mass is 426 g/mol. The lowest BCUT2D eigenvalue weighted by Crippen LogP contribution is -2.38. The predicted octanol–water partition coefficient (Wildman–Crippen LogP) is 1.90. The van der Waals surface area contributed by atoms with Crippen molar-refractivity contribution in [1.29, 1.82) is 0 Å². The van der Waals surface area contributed by atoms with Gasteiger partial charge in [0.05, 0.1) is 13.0 Å². The van der Waals surface area contributed by atoms with Crippen LogP contribution in [-0.2, 0) is 25.7 Å². The summed E-state index contributed by atoms with van der Waals surface area (Å²) >= 11 is 2.77. The lowest BCUT2D eigenvalue weighted by atomic mass is 10.2. The van der Waals surface area contributed by atoms with E-state index >= 15 is 0 Å². The molecule has 2 atom stereocenters. The standard InChI is InChI=1S/C16H20N4O4S2.C2H6/c1-4-10-5-12(21)17-6-13-20-11(8-26-13)16(25-3)19-9(2)15(23)18-7-14(22)24-10;1-2/h4,8-10H,1,5-7H2,2-3H3,(H,17,21)(H,18,23);1-2H3/t9-,10-;/m1./s1. The third-order valence-corrected chi connectivity index (χ3v) is 4.98. The number of aliphatic imine (C=N–C) groups is 1. The van der Waals surface area contributed by atoms with Gasteiger partial charge in [-0.05, 0) is 13.2 Å². The average Bonchev–Trinajstić information content (AvgIpc) is 3.17. The molecule has 0 saturated carbocycles. The van der Waals surface area contributed by atoms with Gasteiger partial charge in [-0.15, -0.1) is 23.1 Å². The highest BCUT2D eigenvalue weighted by Crippen LogP contribution is 2.17. The van der Waals surface area contributed by atoms with Crippen LogP contribution in [0.3, 0.4) is 0 Å². The number of thiazole rings is 1.